The van der Waals surface area contributed by atoms with Gasteiger partial charge in [0.15, 0.2) is 6.10 Å². The molecule has 0 unspecified atom stereocenters. The Bertz CT molecular complexity index is 1780. The highest BCUT2D eigenvalue weighted by Crippen LogP contribution is 2.40. The molecule has 1 fully saturated rings. The molecule has 0 spiro atoms. The summed E-state index contributed by atoms with van der Waals surface area (Å²) in [7, 11) is -1.22. The van der Waals surface area contributed by atoms with Crippen LogP contribution >= 0.6 is 0 Å². The van der Waals surface area contributed by atoms with Gasteiger partial charge >= 0.3 is 0 Å². The summed E-state index contributed by atoms with van der Waals surface area (Å²) in [6.45, 7) is 9.74. The molecular weight excluding hydrogens is 651 g/mol. The summed E-state index contributed by atoms with van der Waals surface area (Å²) >= 11 is 0. The Hall–Kier alpha value is -4.53. The molecule has 0 N–H and O–H groups in total. The number of anilines is 1. The number of benzene rings is 5. The molecule has 264 valence electrons. The second-order valence-corrected chi connectivity index (χ2v) is 18.5. The highest BCUT2D eigenvalue weighted by atomic mass is 28.4. The number of carbonyl (C=O) groups excluding carboxylic acids is 1. The summed E-state index contributed by atoms with van der Waals surface area (Å²) in [5.74, 6) is 0.638. The molecule has 51 heavy (non-hydrogen) atoms. The third kappa shape index (κ3) is 8.02. The first-order valence-corrected chi connectivity index (χ1v) is 19.7. The van der Waals surface area contributed by atoms with Crippen molar-refractivity contribution >= 4 is 30.3 Å². The highest BCUT2D eigenvalue weighted by molar-refractivity contribution is 6.99. The van der Waals surface area contributed by atoms with Crippen LogP contribution in [0.4, 0.5) is 5.69 Å². The summed E-state index contributed by atoms with van der Waals surface area (Å²) in [5, 5.41) is 2.26. The summed E-state index contributed by atoms with van der Waals surface area (Å²) < 4.78 is 26.3. The molecule has 1 aliphatic heterocycles. The largest absolute Gasteiger partial charge is 0.497 e. The minimum Gasteiger partial charge on any atom is -0.497 e. The van der Waals surface area contributed by atoms with Crippen molar-refractivity contribution in [1.82, 2.24) is 0 Å². The Labute approximate surface area is 304 Å². The van der Waals surface area contributed by atoms with Crippen molar-refractivity contribution in [3.05, 3.63) is 157 Å². The Morgan fingerprint density at radius 1 is 0.686 bits per heavy atom. The van der Waals surface area contributed by atoms with Crippen molar-refractivity contribution in [3.8, 4) is 5.75 Å². The molecule has 0 radical (unpaired) electrons. The van der Waals surface area contributed by atoms with Crippen molar-refractivity contribution in [2.45, 2.75) is 76.7 Å². The van der Waals surface area contributed by atoms with E-state index in [-0.39, 0.29) is 23.1 Å². The lowest BCUT2D eigenvalue weighted by molar-refractivity contribution is -0.153. The molecule has 0 bridgehead atoms. The van der Waals surface area contributed by atoms with Gasteiger partial charge in [-0.3, -0.25) is 4.79 Å². The van der Waals surface area contributed by atoms with Gasteiger partial charge in [0.1, 0.15) is 5.75 Å². The molecule has 5 aromatic carbocycles. The smallest absolute Gasteiger partial charge is 0.261 e. The van der Waals surface area contributed by atoms with E-state index >= 15 is 0 Å². The van der Waals surface area contributed by atoms with E-state index in [1.807, 2.05) is 77.7 Å². The second kappa shape index (κ2) is 16.2. The first kappa shape index (κ1) is 36.3. The zero-order valence-electron chi connectivity index (χ0n) is 30.3. The molecule has 1 aliphatic rings. The summed E-state index contributed by atoms with van der Waals surface area (Å²) in [6.07, 6.45) is -0.764. The number of β-lactam (4-membered cyclic amide) rings is 1. The molecule has 1 saturated heterocycles. The number of amides is 1. The van der Waals surface area contributed by atoms with Crippen LogP contribution in [0.25, 0.3) is 0 Å². The predicted octanol–water partition coefficient (Wildman–Crippen LogP) is 7.94. The summed E-state index contributed by atoms with van der Waals surface area (Å²) in [4.78, 5) is 15.9. The fraction of sp³-hybridized carbons (Fsp3) is 0.295. The predicted molar refractivity (Wildman–Crippen MR) is 207 cm³/mol. The van der Waals surface area contributed by atoms with Crippen molar-refractivity contribution in [3.63, 3.8) is 0 Å². The molecule has 1 amide bonds. The minimum absolute atomic E-state index is 0.0880. The lowest BCUT2D eigenvalue weighted by Crippen LogP contribution is -2.71. The fourth-order valence-corrected chi connectivity index (χ4v) is 12.0. The normalized spacial score (nSPS) is 17.4. The van der Waals surface area contributed by atoms with Gasteiger partial charge in [-0.05, 0) is 57.7 Å². The molecule has 7 heteroatoms. The van der Waals surface area contributed by atoms with Gasteiger partial charge in [-0.25, -0.2) is 0 Å². The molecule has 6 nitrogen and oxygen atoms in total. The molecule has 6 rings (SSSR count). The van der Waals surface area contributed by atoms with E-state index in [9.17, 15) is 4.79 Å². The van der Waals surface area contributed by atoms with Gasteiger partial charge in [0.25, 0.3) is 14.2 Å². The van der Waals surface area contributed by atoms with Gasteiger partial charge in [-0.2, -0.15) is 0 Å². The Kier molecular flexibility index (Phi) is 11.5. The third-order valence-electron chi connectivity index (χ3n) is 9.76. The fourth-order valence-electron chi connectivity index (χ4n) is 7.27. The third-order valence-corrected chi connectivity index (χ3v) is 14.9. The maximum Gasteiger partial charge on any atom is 0.261 e. The van der Waals surface area contributed by atoms with Crippen molar-refractivity contribution < 1.29 is 23.4 Å². The van der Waals surface area contributed by atoms with Crippen LogP contribution in [0.3, 0.4) is 0 Å². The quantitative estimate of drug-likeness (QED) is 0.0821. The average Bonchev–Trinajstić information content (AvgIpc) is 3.16. The highest BCUT2D eigenvalue weighted by Gasteiger charge is 2.55. The van der Waals surface area contributed by atoms with Crippen molar-refractivity contribution in [2.75, 3.05) is 12.0 Å². The van der Waals surface area contributed by atoms with E-state index in [1.54, 1.807) is 7.11 Å². The van der Waals surface area contributed by atoms with Crippen LogP contribution in [0.1, 0.15) is 45.2 Å². The topological polar surface area (TPSA) is 57.2 Å². The minimum atomic E-state index is -2.86. The van der Waals surface area contributed by atoms with E-state index in [2.05, 4.69) is 100 Å². The van der Waals surface area contributed by atoms with Crippen LogP contribution in [-0.4, -0.2) is 45.7 Å². The standard InChI is InChI=1S/C44H49NO5Si/c1-33(50-51(44(2,3)4,38-22-14-8-15-23-38)39-24-16-9-17-25-39)30-40(48-31-34-18-10-6-11-19-34)41-42(49-32-35-20-12-7-13-21-35)43(46)45(41)36-26-28-37(47-5)29-27-36/h6-29,33,40-42H,30-32H2,1-5H3/t33-,40-,41+,42-/m0/s1. The Balaban J connectivity index is 1.37. The summed E-state index contributed by atoms with van der Waals surface area (Å²) in [5.41, 5.74) is 2.85. The van der Waals surface area contributed by atoms with Gasteiger partial charge in [-0.1, -0.05) is 142 Å². The lowest BCUT2D eigenvalue weighted by atomic mass is 9.88. The SMILES string of the molecule is COc1ccc(N2C(=O)[C@@H](OCc3ccccc3)[C@H]2[C@H](C[C@H](C)O[Si](c2ccccc2)(c2ccccc2)C(C)(C)C)OCc2ccccc2)cc1. The molecule has 0 aromatic heterocycles. The van der Waals surface area contributed by atoms with E-state index in [4.69, 9.17) is 18.6 Å². The first-order valence-electron chi connectivity index (χ1n) is 17.8. The maximum atomic E-state index is 14.0. The zero-order chi connectivity index (χ0) is 35.8. The van der Waals surface area contributed by atoms with E-state index in [0.717, 1.165) is 22.6 Å². The Morgan fingerprint density at radius 3 is 1.67 bits per heavy atom. The Morgan fingerprint density at radius 2 is 1.18 bits per heavy atom. The number of hydrogen-bond donors (Lipinski definition) is 0. The van der Waals surface area contributed by atoms with E-state index in [1.165, 1.54) is 10.4 Å². The molecular formula is C44H49NO5Si. The van der Waals surface area contributed by atoms with Crippen LogP contribution in [-0.2, 0) is 31.9 Å². The zero-order valence-corrected chi connectivity index (χ0v) is 31.3. The average molecular weight is 700 g/mol. The van der Waals surface area contributed by atoms with Crippen molar-refractivity contribution in [2.24, 2.45) is 0 Å². The van der Waals surface area contributed by atoms with Crippen LogP contribution < -0.4 is 20.0 Å². The molecule has 0 aliphatic carbocycles. The van der Waals surface area contributed by atoms with Gasteiger partial charge in [0.2, 0.25) is 0 Å². The van der Waals surface area contributed by atoms with Crippen LogP contribution in [0, 0.1) is 0 Å². The van der Waals surface area contributed by atoms with Crippen molar-refractivity contribution in [1.29, 1.82) is 0 Å². The molecule has 1 heterocycles. The lowest BCUT2D eigenvalue weighted by Gasteiger charge is -2.51. The number of methoxy groups -OCH3 is 1. The molecule has 4 atom stereocenters. The molecule has 0 saturated carbocycles. The number of nitrogens with zero attached hydrogens (tertiary/aromatic N) is 1. The van der Waals surface area contributed by atoms with E-state index in [0.29, 0.717) is 19.6 Å². The number of hydrogen-bond acceptors (Lipinski definition) is 5. The van der Waals surface area contributed by atoms with Gasteiger partial charge < -0.3 is 23.5 Å². The van der Waals surface area contributed by atoms with Crippen LogP contribution in [0.15, 0.2) is 146 Å². The van der Waals surface area contributed by atoms with Gasteiger partial charge in [0.05, 0.1) is 32.5 Å². The number of ether oxygens (including phenoxy) is 3. The van der Waals surface area contributed by atoms with Crippen LogP contribution in [0.5, 0.6) is 5.75 Å². The monoisotopic (exact) mass is 699 g/mol. The first-order chi connectivity index (χ1) is 24.7. The molecule has 5 aromatic rings. The number of carbonyl (C=O) groups is 1. The van der Waals surface area contributed by atoms with Gasteiger partial charge in [0, 0.05) is 18.2 Å². The maximum absolute atomic E-state index is 14.0. The number of rotatable bonds is 15. The second-order valence-electron chi connectivity index (χ2n) is 14.3. The van der Waals surface area contributed by atoms with Crippen LogP contribution in [0.2, 0.25) is 5.04 Å². The summed E-state index contributed by atoms with van der Waals surface area (Å²) in [6, 6.07) is 48.8. The van der Waals surface area contributed by atoms with Gasteiger partial charge in [-0.15, -0.1) is 0 Å². The van der Waals surface area contributed by atoms with E-state index < -0.39 is 20.5 Å².